The fourth-order valence-corrected chi connectivity index (χ4v) is 6.27. The minimum atomic E-state index is -3.58. The molecule has 2 aromatic carbocycles. The van der Waals surface area contributed by atoms with E-state index in [-0.39, 0.29) is 11.7 Å². The van der Waals surface area contributed by atoms with Crippen LogP contribution in [0.5, 0.6) is 0 Å². The maximum Gasteiger partial charge on any atom is 0.239 e. The van der Waals surface area contributed by atoms with Crippen molar-refractivity contribution < 1.29 is 8.42 Å². The van der Waals surface area contributed by atoms with Gasteiger partial charge in [0.15, 0.2) is 5.13 Å². The molecule has 1 aliphatic heterocycles. The van der Waals surface area contributed by atoms with E-state index in [1.165, 1.54) is 18.4 Å². The van der Waals surface area contributed by atoms with Crippen LogP contribution in [0.4, 0.5) is 10.8 Å². The standard InChI is InChI=1S/C23H21ClN6O2S2/c1-23(13-34(31,32)30(2)21(25)29-23)15-4-3-5-17(11-15)26-22-28-20(12-33-22)19-8-6-14-10-16(24)7-9-18(14)27-19/h3-12H,13H2,1-2H3,(H2,25,29)(H,26,28)/t23-/m0/s1. The summed E-state index contributed by atoms with van der Waals surface area (Å²) < 4.78 is 26.0. The Morgan fingerprint density at radius 3 is 2.76 bits per heavy atom. The van der Waals surface area contributed by atoms with Gasteiger partial charge >= 0.3 is 0 Å². The number of benzene rings is 2. The number of aromatic nitrogens is 2. The summed E-state index contributed by atoms with van der Waals surface area (Å²) >= 11 is 7.51. The second kappa shape index (κ2) is 8.23. The molecule has 1 atom stereocenters. The van der Waals surface area contributed by atoms with Gasteiger partial charge in [-0.05, 0) is 48.9 Å². The Morgan fingerprint density at radius 2 is 1.97 bits per heavy atom. The minimum Gasteiger partial charge on any atom is -0.345 e. The zero-order valence-electron chi connectivity index (χ0n) is 18.3. The zero-order chi connectivity index (χ0) is 24.1. The third-order valence-electron chi connectivity index (χ3n) is 5.77. The summed E-state index contributed by atoms with van der Waals surface area (Å²) in [5, 5.41) is 18.6. The highest BCUT2D eigenvalue weighted by atomic mass is 35.5. The molecule has 5 rings (SSSR count). The molecular weight excluding hydrogens is 492 g/mol. The Labute approximate surface area is 206 Å². The zero-order valence-corrected chi connectivity index (χ0v) is 20.7. The number of nitrogens with one attached hydrogen (secondary N) is 3. The molecule has 0 unspecified atom stereocenters. The van der Waals surface area contributed by atoms with Crippen molar-refractivity contribution in [2.24, 2.45) is 0 Å². The number of fused-ring (bicyclic) bond motifs is 1. The van der Waals surface area contributed by atoms with Gasteiger partial charge in [-0.1, -0.05) is 29.8 Å². The summed E-state index contributed by atoms with van der Waals surface area (Å²) in [6, 6.07) is 16.9. The van der Waals surface area contributed by atoms with Crippen molar-refractivity contribution in [1.82, 2.24) is 19.6 Å². The second-order valence-corrected chi connectivity index (χ2v) is 11.6. The van der Waals surface area contributed by atoms with Gasteiger partial charge in [-0.2, -0.15) is 0 Å². The van der Waals surface area contributed by atoms with E-state index >= 15 is 0 Å². The van der Waals surface area contributed by atoms with Crippen molar-refractivity contribution in [1.29, 1.82) is 5.41 Å². The number of thiazole rings is 1. The van der Waals surface area contributed by atoms with Crippen molar-refractivity contribution >= 4 is 60.6 Å². The second-order valence-electron chi connectivity index (χ2n) is 8.31. The monoisotopic (exact) mass is 512 g/mol. The molecule has 11 heteroatoms. The lowest BCUT2D eigenvalue weighted by molar-refractivity contribution is 0.418. The summed E-state index contributed by atoms with van der Waals surface area (Å²) in [5.74, 6) is -0.301. The van der Waals surface area contributed by atoms with E-state index in [1.54, 1.807) is 6.92 Å². The van der Waals surface area contributed by atoms with Crippen LogP contribution in [0, 0.1) is 5.41 Å². The molecule has 174 valence electrons. The highest BCUT2D eigenvalue weighted by Crippen LogP contribution is 2.32. The molecule has 0 spiro atoms. The fraction of sp³-hybridized carbons (Fsp3) is 0.174. The average molecular weight is 513 g/mol. The topological polar surface area (TPSA) is 111 Å². The van der Waals surface area contributed by atoms with Gasteiger partial charge in [-0.25, -0.2) is 22.7 Å². The first-order valence-electron chi connectivity index (χ1n) is 10.4. The van der Waals surface area contributed by atoms with Crippen molar-refractivity contribution in [3.05, 3.63) is 70.6 Å². The minimum absolute atomic E-state index is 0.150. The largest absolute Gasteiger partial charge is 0.345 e. The van der Waals surface area contributed by atoms with E-state index in [9.17, 15) is 8.42 Å². The van der Waals surface area contributed by atoms with Crippen LogP contribution in [0.15, 0.2) is 60.0 Å². The highest BCUT2D eigenvalue weighted by Gasteiger charge is 2.41. The lowest BCUT2D eigenvalue weighted by Gasteiger charge is -2.40. The number of anilines is 2. The Balaban J connectivity index is 1.39. The molecule has 3 N–H and O–H groups in total. The number of rotatable bonds is 4. The first-order valence-corrected chi connectivity index (χ1v) is 13.2. The molecule has 1 saturated heterocycles. The quantitative estimate of drug-likeness (QED) is 0.363. The molecule has 0 radical (unpaired) electrons. The molecule has 0 saturated carbocycles. The lowest BCUT2D eigenvalue weighted by Crippen LogP contribution is -2.60. The van der Waals surface area contributed by atoms with Gasteiger partial charge in [0.25, 0.3) is 0 Å². The van der Waals surface area contributed by atoms with E-state index in [0.29, 0.717) is 10.2 Å². The molecule has 0 aliphatic carbocycles. The van der Waals surface area contributed by atoms with Crippen molar-refractivity contribution in [3.63, 3.8) is 0 Å². The number of nitrogens with zero attached hydrogens (tertiary/aromatic N) is 3. The van der Waals surface area contributed by atoms with Gasteiger partial charge in [0.05, 0.1) is 22.5 Å². The van der Waals surface area contributed by atoms with Crippen LogP contribution in [-0.4, -0.2) is 41.5 Å². The molecule has 0 amide bonds. The fourth-order valence-electron chi connectivity index (χ4n) is 3.88. The molecule has 8 nitrogen and oxygen atoms in total. The lowest BCUT2D eigenvalue weighted by atomic mass is 9.93. The van der Waals surface area contributed by atoms with Gasteiger partial charge in [0.1, 0.15) is 5.69 Å². The molecule has 34 heavy (non-hydrogen) atoms. The van der Waals surface area contributed by atoms with Gasteiger partial charge in [0, 0.05) is 28.5 Å². The molecule has 3 heterocycles. The number of guanidine groups is 1. The van der Waals surface area contributed by atoms with E-state index < -0.39 is 15.6 Å². The van der Waals surface area contributed by atoms with Crippen molar-refractivity contribution in [2.45, 2.75) is 12.5 Å². The maximum absolute atomic E-state index is 12.5. The number of hydrogen-bond donors (Lipinski definition) is 3. The maximum atomic E-state index is 12.5. The van der Waals surface area contributed by atoms with Crippen LogP contribution >= 0.6 is 22.9 Å². The first kappa shape index (κ1) is 22.6. The molecule has 2 aromatic heterocycles. The number of sulfonamides is 1. The molecule has 1 fully saturated rings. The summed E-state index contributed by atoms with van der Waals surface area (Å²) in [4.78, 5) is 9.36. The Hall–Kier alpha value is -3.21. The van der Waals surface area contributed by atoms with Crippen LogP contribution in [0.25, 0.3) is 22.3 Å². The number of halogens is 1. The van der Waals surface area contributed by atoms with Gasteiger partial charge in [-0.15, -0.1) is 11.3 Å². The van der Waals surface area contributed by atoms with Crippen LogP contribution < -0.4 is 10.6 Å². The third kappa shape index (κ3) is 4.20. The van der Waals surface area contributed by atoms with Crippen LogP contribution in [-0.2, 0) is 15.6 Å². The van der Waals surface area contributed by atoms with Crippen LogP contribution in [0.1, 0.15) is 12.5 Å². The first-order chi connectivity index (χ1) is 16.1. The van der Waals surface area contributed by atoms with Gasteiger partial charge in [-0.3, -0.25) is 5.41 Å². The predicted octanol–water partition coefficient (Wildman–Crippen LogP) is 4.77. The van der Waals surface area contributed by atoms with E-state index in [0.717, 1.165) is 37.8 Å². The summed E-state index contributed by atoms with van der Waals surface area (Å²) in [6.07, 6.45) is 0. The van der Waals surface area contributed by atoms with Crippen LogP contribution in [0.2, 0.25) is 5.02 Å². The Morgan fingerprint density at radius 1 is 1.15 bits per heavy atom. The Kier molecular flexibility index (Phi) is 5.46. The van der Waals surface area contributed by atoms with E-state index in [4.69, 9.17) is 17.0 Å². The summed E-state index contributed by atoms with van der Waals surface area (Å²) in [7, 11) is -2.21. The molecule has 0 bridgehead atoms. The van der Waals surface area contributed by atoms with Crippen molar-refractivity contribution in [2.75, 3.05) is 18.1 Å². The molecular formula is C23H21ClN6O2S2. The van der Waals surface area contributed by atoms with Gasteiger partial charge < -0.3 is 10.6 Å². The van der Waals surface area contributed by atoms with Crippen LogP contribution in [0.3, 0.4) is 0 Å². The van der Waals surface area contributed by atoms with Crippen molar-refractivity contribution in [3.8, 4) is 11.4 Å². The number of hydrogen-bond acceptors (Lipinski definition) is 7. The third-order valence-corrected chi connectivity index (χ3v) is 8.72. The average Bonchev–Trinajstić information content (AvgIpc) is 3.25. The SMILES string of the molecule is CN1C(=N)N[C@](C)(c2cccc(Nc3nc(-c4ccc5cc(Cl)ccc5n4)cs3)c2)CS1(=O)=O. The normalized spacial score (nSPS) is 19.7. The highest BCUT2D eigenvalue weighted by molar-refractivity contribution is 7.89. The predicted molar refractivity (Wildman–Crippen MR) is 137 cm³/mol. The smallest absolute Gasteiger partial charge is 0.239 e. The van der Waals surface area contributed by atoms with E-state index in [2.05, 4.69) is 20.6 Å². The van der Waals surface area contributed by atoms with Gasteiger partial charge in [0.2, 0.25) is 16.0 Å². The molecule has 4 aromatic rings. The molecule has 1 aliphatic rings. The summed E-state index contributed by atoms with van der Waals surface area (Å²) in [6.45, 7) is 1.78. The summed E-state index contributed by atoms with van der Waals surface area (Å²) in [5.41, 5.74) is 2.96. The van der Waals surface area contributed by atoms with E-state index in [1.807, 2.05) is 60.0 Å². The Bertz CT molecular complexity index is 1540. The number of pyridine rings is 1.